The summed E-state index contributed by atoms with van der Waals surface area (Å²) in [7, 11) is 0. The first-order chi connectivity index (χ1) is 8.93. The summed E-state index contributed by atoms with van der Waals surface area (Å²) in [6.07, 6.45) is 0. The van der Waals surface area contributed by atoms with Crippen molar-refractivity contribution in [1.82, 2.24) is 0 Å². The van der Waals surface area contributed by atoms with Crippen molar-refractivity contribution in [3.8, 4) is 0 Å². The molecule has 0 spiro atoms. The van der Waals surface area contributed by atoms with Gasteiger partial charge in [0.15, 0.2) is 5.54 Å². The Morgan fingerprint density at radius 3 is 2.42 bits per heavy atom. The highest BCUT2D eigenvalue weighted by molar-refractivity contribution is 6.25. The van der Waals surface area contributed by atoms with Gasteiger partial charge in [-0.25, -0.2) is 4.90 Å². The summed E-state index contributed by atoms with van der Waals surface area (Å²) < 4.78 is 0. The van der Waals surface area contributed by atoms with Gasteiger partial charge in [0, 0.05) is 0 Å². The Hall–Kier alpha value is -2.04. The fourth-order valence-corrected chi connectivity index (χ4v) is 2.83. The number of imide groups is 1. The van der Waals surface area contributed by atoms with Crippen LogP contribution in [0.5, 0.6) is 0 Å². The van der Waals surface area contributed by atoms with Crippen molar-refractivity contribution in [2.24, 2.45) is 16.1 Å². The molecule has 98 valence electrons. The van der Waals surface area contributed by atoms with Crippen LogP contribution in [0.1, 0.15) is 18.1 Å². The molecule has 1 fully saturated rings. The van der Waals surface area contributed by atoms with Crippen molar-refractivity contribution in [2.75, 3.05) is 11.4 Å². The summed E-state index contributed by atoms with van der Waals surface area (Å²) in [4.78, 5) is 26.2. The van der Waals surface area contributed by atoms with Gasteiger partial charge in [-0.1, -0.05) is 6.07 Å². The van der Waals surface area contributed by atoms with Crippen LogP contribution in [0.15, 0.2) is 28.4 Å². The van der Waals surface area contributed by atoms with Crippen LogP contribution in [0.25, 0.3) is 0 Å². The van der Waals surface area contributed by atoms with Crippen LogP contribution in [0.3, 0.4) is 0 Å². The van der Waals surface area contributed by atoms with Crippen LogP contribution in [0.4, 0.5) is 5.69 Å². The minimum Gasteiger partial charge on any atom is -0.274 e. The molecule has 0 bridgehead atoms. The van der Waals surface area contributed by atoms with Gasteiger partial charge < -0.3 is 0 Å². The Kier molecular flexibility index (Phi) is 2.36. The predicted octanol–water partition coefficient (Wildman–Crippen LogP) is 2.02. The maximum Gasteiger partial charge on any atom is 0.264 e. The number of carbonyl (C=O) groups excluding carboxylic acids is 2. The fourth-order valence-electron chi connectivity index (χ4n) is 2.83. The minimum absolute atomic E-state index is 0.192. The van der Waals surface area contributed by atoms with Gasteiger partial charge in [0.05, 0.1) is 18.2 Å². The van der Waals surface area contributed by atoms with Gasteiger partial charge in [-0.15, -0.1) is 0 Å². The highest BCUT2D eigenvalue weighted by Gasteiger charge is 2.59. The van der Waals surface area contributed by atoms with E-state index in [4.69, 9.17) is 0 Å². The smallest absolute Gasteiger partial charge is 0.264 e. The molecule has 0 aliphatic carbocycles. The van der Waals surface area contributed by atoms with Crippen LogP contribution < -0.4 is 4.90 Å². The van der Waals surface area contributed by atoms with Crippen molar-refractivity contribution in [1.29, 1.82) is 0 Å². The van der Waals surface area contributed by atoms with Crippen LogP contribution in [-0.2, 0) is 9.59 Å². The second kappa shape index (κ2) is 3.73. The number of nitrogens with zero attached hydrogens (tertiary/aromatic N) is 3. The summed E-state index contributed by atoms with van der Waals surface area (Å²) >= 11 is 0. The van der Waals surface area contributed by atoms with Crippen molar-refractivity contribution in [2.45, 2.75) is 26.3 Å². The molecule has 0 unspecified atom stereocenters. The molecule has 2 atom stereocenters. The Balaban J connectivity index is 2.09. The molecule has 0 radical (unpaired) electrons. The summed E-state index contributed by atoms with van der Waals surface area (Å²) in [6.45, 7) is 5.90. The summed E-state index contributed by atoms with van der Waals surface area (Å²) in [5.74, 6) is -0.905. The number of carbonyl (C=O) groups is 2. The Morgan fingerprint density at radius 1 is 1.21 bits per heavy atom. The molecular formula is C14H15N3O2. The monoisotopic (exact) mass is 257 g/mol. The molecule has 2 amide bonds. The molecular weight excluding hydrogens is 242 g/mol. The molecule has 1 aromatic carbocycles. The van der Waals surface area contributed by atoms with Crippen molar-refractivity contribution in [3.63, 3.8) is 0 Å². The third-order valence-corrected chi connectivity index (χ3v) is 3.84. The van der Waals surface area contributed by atoms with Crippen molar-refractivity contribution < 1.29 is 9.59 Å². The standard InChI is InChI=1S/C14H15N3O2/c1-8-4-9(2)6-10(5-8)17-12(18)11-7-15-16-14(11,3)13(17)19/h4-6,11H,7H2,1-3H3/t11-,14-/m1/s1. The molecule has 0 aromatic heterocycles. The number of azo groups is 1. The molecule has 2 aliphatic rings. The largest absolute Gasteiger partial charge is 0.274 e. The topological polar surface area (TPSA) is 62.1 Å². The quantitative estimate of drug-likeness (QED) is 0.722. The second-order valence-corrected chi connectivity index (χ2v) is 5.45. The highest BCUT2D eigenvalue weighted by atomic mass is 16.2. The van der Waals surface area contributed by atoms with E-state index >= 15 is 0 Å². The van der Waals surface area contributed by atoms with E-state index in [1.54, 1.807) is 6.92 Å². The first-order valence-corrected chi connectivity index (χ1v) is 6.29. The van der Waals surface area contributed by atoms with Gasteiger partial charge >= 0.3 is 0 Å². The number of hydrogen-bond acceptors (Lipinski definition) is 4. The Bertz CT molecular complexity index is 603. The van der Waals surface area contributed by atoms with E-state index in [0.717, 1.165) is 11.1 Å². The van der Waals surface area contributed by atoms with Gasteiger partial charge in [0.25, 0.3) is 5.91 Å². The van der Waals surface area contributed by atoms with Crippen LogP contribution >= 0.6 is 0 Å². The van der Waals surface area contributed by atoms with E-state index in [1.807, 2.05) is 32.0 Å². The van der Waals surface area contributed by atoms with Crippen LogP contribution in [0, 0.1) is 19.8 Å². The van der Waals surface area contributed by atoms with E-state index in [-0.39, 0.29) is 11.8 Å². The van der Waals surface area contributed by atoms with Crippen LogP contribution in [0.2, 0.25) is 0 Å². The van der Waals surface area contributed by atoms with E-state index in [9.17, 15) is 9.59 Å². The van der Waals surface area contributed by atoms with E-state index in [0.29, 0.717) is 12.2 Å². The molecule has 1 saturated heterocycles. The van der Waals surface area contributed by atoms with E-state index in [2.05, 4.69) is 10.2 Å². The van der Waals surface area contributed by atoms with Gasteiger partial charge in [-0.05, 0) is 44.0 Å². The normalized spacial score (nSPS) is 29.2. The van der Waals surface area contributed by atoms with Gasteiger partial charge in [0.2, 0.25) is 5.91 Å². The lowest BCUT2D eigenvalue weighted by atomic mass is 9.90. The predicted molar refractivity (Wildman–Crippen MR) is 70.0 cm³/mol. The number of amides is 2. The number of anilines is 1. The number of benzene rings is 1. The summed E-state index contributed by atoms with van der Waals surface area (Å²) in [6, 6.07) is 5.71. The minimum atomic E-state index is -1.01. The highest BCUT2D eigenvalue weighted by Crippen LogP contribution is 2.40. The zero-order valence-corrected chi connectivity index (χ0v) is 11.2. The summed E-state index contributed by atoms with van der Waals surface area (Å²) in [5.41, 5.74) is 1.69. The van der Waals surface area contributed by atoms with Gasteiger partial charge in [-0.2, -0.15) is 10.2 Å². The number of hydrogen-bond donors (Lipinski definition) is 0. The fraction of sp³-hybridized carbons (Fsp3) is 0.429. The Labute approximate surface area is 111 Å². The second-order valence-electron chi connectivity index (χ2n) is 5.45. The zero-order chi connectivity index (χ0) is 13.8. The number of aryl methyl sites for hydroxylation is 2. The first-order valence-electron chi connectivity index (χ1n) is 6.29. The van der Waals surface area contributed by atoms with Crippen LogP contribution in [-0.4, -0.2) is 23.9 Å². The lowest BCUT2D eigenvalue weighted by Crippen LogP contribution is -2.37. The van der Waals surface area contributed by atoms with E-state index in [1.165, 1.54) is 4.90 Å². The molecule has 1 aromatic rings. The molecule has 0 N–H and O–H groups in total. The molecule has 0 saturated carbocycles. The lowest BCUT2D eigenvalue weighted by Gasteiger charge is -2.18. The molecule has 3 rings (SSSR count). The van der Waals surface area contributed by atoms with Crippen molar-refractivity contribution >= 4 is 17.5 Å². The first kappa shape index (κ1) is 12.0. The molecule has 2 heterocycles. The molecule has 5 heteroatoms. The number of rotatable bonds is 1. The summed E-state index contributed by atoms with van der Waals surface area (Å²) in [5, 5.41) is 7.85. The molecule has 19 heavy (non-hydrogen) atoms. The molecule has 2 aliphatic heterocycles. The third-order valence-electron chi connectivity index (χ3n) is 3.84. The maximum atomic E-state index is 12.5. The molecule has 5 nitrogen and oxygen atoms in total. The zero-order valence-electron chi connectivity index (χ0n) is 11.2. The SMILES string of the molecule is Cc1cc(C)cc(N2C(=O)[C@H]3CN=N[C@@]3(C)C2=O)c1. The third kappa shape index (κ3) is 1.54. The van der Waals surface area contributed by atoms with E-state index < -0.39 is 11.5 Å². The maximum absolute atomic E-state index is 12.5. The average Bonchev–Trinajstić information content (AvgIpc) is 2.77. The lowest BCUT2D eigenvalue weighted by molar-refractivity contribution is -0.122. The van der Waals surface area contributed by atoms with Crippen molar-refractivity contribution in [3.05, 3.63) is 29.3 Å². The van der Waals surface area contributed by atoms with Gasteiger partial charge in [0.1, 0.15) is 0 Å². The van der Waals surface area contributed by atoms with Gasteiger partial charge in [-0.3, -0.25) is 9.59 Å². The average molecular weight is 257 g/mol. The Morgan fingerprint density at radius 2 is 1.84 bits per heavy atom. The number of fused-ring (bicyclic) bond motifs is 1.